The highest BCUT2D eigenvalue weighted by molar-refractivity contribution is 7.80. The fraction of sp³-hybridized carbons (Fsp3) is 0.500. The van der Waals surface area contributed by atoms with Gasteiger partial charge in [0.05, 0.1) is 5.71 Å². The maximum absolute atomic E-state index is 5.30. The second-order valence-corrected chi connectivity index (χ2v) is 4.52. The molecule has 1 aromatic rings. The number of hydrazone groups is 1. The van der Waals surface area contributed by atoms with Crippen molar-refractivity contribution in [3.63, 3.8) is 0 Å². The van der Waals surface area contributed by atoms with Gasteiger partial charge in [0.25, 0.3) is 0 Å². The number of thiocarbonyl (C=S) groups is 1. The molecule has 1 fully saturated rings. The first-order valence-corrected chi connectivity index (χ1v) is 6.61. The molecular weight excluding hydrogens is 246 g/mol. The van der Waals surface area contributed by atoms with Gasteiger partial charge in [-0.15, -0.1) is 5.10 Å². The molecule has 1 aromatic heterocycles. The van der Waals surface area contributed by atoms with Gasteiger partial charge >= 0.3 is 0 Å². The molecule has 1 aliphatic heterocycles. The van der Waals surface area contributed by atoms with E-state index in [1.807, 2.05) is 19.1 Å². The highest BCUT2D eigenvalue weighted by atomic mass is 32.1. The minimum atomic E-state index is 0.697. The summed E-state index contributed by atoms with van der Waals surface area (Å²) in [5.74, 6) is 0. The molecule has 2 heterocycles. The standard InChI is InChI=1S/C12H17N5S/c1-2-10(11-6-5-7-13-14-11)15-16-12(18)17-8-3-4-9-17/h5-7H,2-4,8-9H2,1H3,(H,16,18)/b15-10-. The van der Waals surface area contributed by atoms with E-state index in [1.54, 1.807) is 6.20 Å². The highest BCUT2D eigenvalue weighted by Crippen LogP contribution is 2.07. The zero-order chi connectivity index (χ0) is 12.8. The van der Waals surface area contributed by atoms with E-state index in [-0.39, 0.29) is 0 Å². The molecule has 1 saturated heterocycles. The van der Waals surface area contributed by atoms with Crippen molar-refractivity contribution in [1.82, 2.24) is 20.5 Å². The van der Waals surface area contributed by atoms with Crippen molar-refractivity contribution in [3.8, 4) is 0 Å². The van der Waals surface area contributed by atoms with Crippen LogP contribution >= 0.6 is 12.2 Å². The summed E-state index contributed by atoms with van der Waals surface area (Å²) < 4.78 is 0. The second kappa shape index (κ2) is 6.39. The highest BCUT2D eigenvalue weighted by Gasteiger charge is 2.14. The molecule has 0 radical (unpaired) electrons. The van der Waals surface area contributed by atoms with Crippen molar-refractivity contribution < 1.29 is 0 Å². The molecule has 0 unspecified atom stereocenters. The van der Waals surface area contributed by atoms with E-state index >= 15 is 0 Å². The zero-order valence-corrected chi connectivity index (χ0v) is 11.3. The fourth-order valence-electron chi connectivity index (χ4n) is 1.88. The SMILES string of the molecule is CC/C(=N/NC(=S)N1CCCC1)c1cccnn1. The molecule has 5 nitrogen and oxygen atoms in total. The normalized spacial score (nSPS) is 15.8. The molecule has 1 N–H and O–H groups in total. The Morgan fingerprint density at radius 2 is 2.28 bits per heavy atom. The molecule has 0 aliphatic carbocycles. The number of nitrogens with zero attached hydrogens (tertiary/aromatic N) is 4. The van der Waals surface area contributed by atoms with Crippen LogP contribution in [0.5, 0.6) is 0 Å². The van der Waals surface area contributed by atoms with Gasteiger partial charge in [-0.3, -0.25) is 5.43 Å². The van der Waals surface area contributed by atoms with Gasteiger partial charge in [-0.2, -0.15) is 10.2 Å². The Bertz CT molecular complexity index is 425. The van der Waals surface area contributed by atoms with Gasteiger partial charge in [0.15, 0.2) is 5.11 Å². The van der Waals surface area contributed by atoms with Crippen molar-refractivity contribution in [2.45, 2.75) is 26.2 Å². The van der Waals surface area contributed by atoms with Crippen molar-refractivity contribution in [3.05, 3.63) is 24.0 Å². The maximum Gasteiger partial charge on any atom is 0.189 e. The number of nitrogens with one attached hydrogen (secondary N) is 1. The Morgan fingerprint density at radius 1 is 1.50 bits per heavy atom. The van der Waals surface area contributed by atoms with Gasteiger partial charge in [-0.05, 0) is 43.6 Å². The topological polar surface area (TPSA) is 53.4 Å². The predicted molar refractivity (Wildman–Crippen MR) is 75.4 cm³/mol. The van der Waals surface area contributed by atoms with E-state index in [2.05, 4.69) is 25.6 Å². The van der Waals surface area contributed by atoms with E-state index in [0.29, 0.717) is 5.11 Å². The van der Waals surface area contributed by atoms with Gasteiger partial charge in [0, 0.05) is 19.3 Å². The molecule has 96 valence electrons. The van der Waals surface area contributed by atoms with Crippen LogP contribution in [0.4, 0.5) is 0 Å². The largest absolute Gasteiger partial charge is 0.348 e. The first kappa shape index (κ1) is 12.9. The lowest BCUT2D eigenvalue weighted by Crippen LogP contribution is -2.35. The predicted octanol–water partition coefficient (Wildman–Crippen LogP) is 1.56. The number of hydrogen-bond acceptors (Lipinski definition) is 4. The number of likely N-dealkylation sites (tertiary alicyclic amines) is 1. The van der Waals surface area contributed by atoms with Gasteiger partial charge in [-0.1, -0.05) is 6.92 Å². The summed E-state index contributed by atoms with van der Waals surface area (Å²) in [5.41, 5.74) is 4.61. The van der Waals surface area contributed by atoms with Crippen LogP contribution in [0.3, 0.4) is 0 Å². The summed E-state index contributed by atoms with van der Waals surface area (Å²) in [7, 11) is 0. The van der Waals surface area contributed by atoms with E-state index in [0.717, 1.165) is 30.9 Å². The van der Waals surface area contributed by atoms with Crippen molar-refractivity contribution >= 4 is 23.0 Å². The summed E-state index contributed by atoms with van der Waals surface area (Å²) in [6.07, 6.45) is 4.85. The lowest BCUT2D eigenvalue weighted by atomic mass is 10.2. The summed E-state index contributed by atoms with van der Waals surface area (Å²) in [6, 6.07) is 3.75. The Balaban J connectivity index is 2.00. The van der Waals surface area contributed by atoms with E-state index in [1.165, 1.54) is 12.8 Å². The maximum atomic E-state index is 5.30. The minimum Gasteiger partial charge on any atom is -0.348 e. The smallest absolute Gasteiger partial charge is 0.189 e. The minimum absolute atomic E-state index is 0.697. The van der Waals surface area contributed by atoms with E-state index in [9.17, 15) is 0 Å². The van der Waals surface area contributed by atoms with Crippen LogP contribution < -0.4 is 5.43 Å². The quantitative estimate of drug-likeness (QED) is 0.509. The third kappa shape index (κ3) is 3.22. The molecule has 18 heavy (non-hydrogen) atoms. The van der Waals surface area contributed by atoms with Crippen LogP contribution in [0.1, 0.15) is 31.9 Å². The molecule has 0 saturated carbocycles. The van der Waals surface area contributed by atoms with Crippen LogP contribution in [0, 0.1) is 0 Å². The third-order valence-electron chi connectivity index (χ3n) is 2.88. The molecule has 0 amide bonds. The first-order chi connectivity index (χ1) is 8.81. The number of rotatable bonds is 3. The first-order valence-electron chi connectivity index (χ1n) is 6.21. The van der Waals surface area contributed by atoms with Crippen LogP contribution in [0.2, 0.25) is 0 Å². The molecule has 2 rings (SSSR count). The second-order valence-electron chi connectivity index (χ2n) is 4.13. The number of aromatic nitrogens is 2. The van der Waals surface area contributed by atoms with Crippen LogP contribution in [-0.4, -0.2) is 39.0 Å². The average Bonchev–Trinajstić information content (AvgIpc) is 2.94. The third-order valence-corrected chi connectivity index (χ3v) is 3.23. The van der Waals surface area contributed by atoms with E-state index < -0.39 is 0 Å². The lowest BCUT2D eigenvalue weighted by molar-refractivity contribution is 0.509. The van der Waals surface area contributed by atoms with Gasteiger partial charge in [0.2, 0.25) is 0 Å². The number of hydrogen-bond donors (Lipinski definition) is 1. The van der Waals surface area contributed by atoms with E-state index in [4.69, 9.17) is 12.2 Å². The molecule has 0 bridgehead atoms. The van der Waals surface area contributed by atoms with Gasteiger partial charge in [-0.25, -0.2) is 0 Å². The Morgan fingerprint density at radius 3 is 2.89 bits per heavy atom. The van der Waals surface area contributed by atoms with Crippen LogP contribution in [0.25, 0.3) is 0 Å². The Labute approximate surface area is 112 Å². The average molecular weight is 263 g/mol. The molecular formula is C12H17N5S. The summed E-state index contributed by atoms with van der Waals surface area (Å²) in [5, 5.41) is 12.9. The molecule has 0 spiro atoms. The van der Waals surface area contributed by atoms with Crippen LogP contribution in [-0.2, 0) is 0 Å². The monoisotopic (exact) mass is 263 g/mol. The molecule has 1 aliphatic rings. The molecule has 6 heteroatoms. The Hall–Kier alpha value is -1.56. The summed E-state index contributed by atoms with van der Waals surface area (Å²) in [4.78, 5) is 2.14. The van der Waals surface area contributed by atoms with Crippen molar-refractivity contribution in [2.75, 3.05) is 13.1 Å². The molecule has 0 aromatic carbocycles. The van der Waals surface area contributed by atoms with Crippen LogP contribution in [0.15, 0.2) is 23.4 Å². The van der Waals surface area contributed by atoms with Crippen molar-refractivity contribution in [1.29, 1.82) is 0 Å². The zero-order valence-electron chi connectivity index (χ0n) is 10.5. The summed E-state index contributed by atoms with van der Waals surface area (Å²) >= 11 is 5.30. The van der Waals surface area contributed by atoms with Gasteiger partial charge < -0.3 is 4.90 Å². The fourth-order valence-corrected chi connectivity index (χ4v) is 2.11. The Kier molecular flexibility index (Phi) is 4.58. The summed E-state index contributed by atoms with van der Waals surface area (Å²) in [6.45, 7) is 4.08. The lowest BCUT2D eigenvalue weighted by Gasteiger charge is -2.17. The van der Waals surface area contributed by atoms with Gasteiger partial charge in [0.1, 0.15) is 5.69 Å². The molecule has 0 atom stereocenters. The van der Waals surface area contributed by atoms with Crippen molar-refractivity contribution in [2.24, 2.45) is 5.10 Å².